The van der Waals surface area contributed by atoms with E-state index in [2.05, 4.69) is 13.8 Å². The Labute approximate surface area is 226 Å². The molecular formula is C33H64O3. The summed E-state index contributed by atoms with van der Waals surface area (Å²) in [5.41, 5.74) is 0. The predicted molar refractivity (Wildman–Crippen MR) is 157 cm³/mol. The van der Waals surface area contributed by atoms with Crippen LogP contribution in [0.25, 0.3) is 0 Å². The van der Waals surface area contributed by atoms with Crippen LogP contribution in [0.3, 0.4) is 0 Å². The monoisotopic (exact) mass is 508 g/mol. The van der Waals surface area contributed by atoms with E-state index in [9.17, 15) is 9.59 Å². The maximum Gasteiger partial charge on any atom is 0.306 e. The molecule has 214 valence electrons. The molecule has 0 saturated heterocycles. The summed E-state index contributed by atoms with van der Waals surface area (Å²) >= 11 is 0. The third kappa shape index (κ3) is 27.7. The van der Waals surface area contributed by atoms with Gasteiger partial charge in [0.2, 0.25) is 0 Å². The minimum Gasteiger partial charge on any atom is -0.462 e. The first-order valence-electron chi connectivity index (χ1n) is 16.4. The molecule has 0 fully saturated rings. The van der Waals surface area contributed by atoms with Crippen LogP contribution in [-0.2, 0) is 14.3 Å². The quantitative estimate of drug-likeness (QED) is 0.0550. The van der Waals surface area contributed by atoms with Crippen molar-refractivity contribution in [1.82, 2.24) is 0 Å². The van der Waals surface area contributed by atoms with E-state index >= 15 is 0 Å². The number of carbonyl (C=O) groups is 2. The van der Waals surface area contributed by atoms with Gasteiger partial charge in [-0.2, -0.15) is 0 Å². The average molecular weight is 509 g/mol. The summed E-state index contributed by atoms with van der Waals surface area (Å²) < 4.78 is 5.62. The van der Waals surface area contributed by atoms with Crippen LogP contribution < -0.4 is 0 Å². The van der Waals surface area contributed by atoms with E-state index in [1.165, 1.54) is 141 Å². The first-order chi connectivity index (χ1) is 17.7. The Balaban J connectivity index is 3.49. The number of carbonyl (C=O) groups excluding carboxylic acids is 2. The van der Waals surface area contributed by atoms with E-state index in [0.29, 0.717) is 12.8 Å². The van der Waals surface area contributed by atoms with Crippen LogP contribution in [0.5, 0.6) is 0 Å². The molecule has 0 aliphatic heterocycles. The molecule has 0 rings (SSSR count). The van der Waals surface area contributed by atoms with E-state index in [1.54, 1.807) is 0 Å². The van der Waals surface area contributed by atoms with Crippen LogP contribution in [0.1, 0.15) is 194 Å². The predicted octanol–water partition coefficient (Wildman–Crippen LogP) is 11.1. The fourth-order valence-corrected chi connectivity index (χ4v) is 5.08. The Morgan fingerprint density at radius 1 is 0.528 bits per heavy atom. The lowest BCUT2D eigenvalue weighted by atomic mass is 10.0. The van der Waals surface area contributed by atoms with Crippen molar-refractivity contribution >= 4 is 12.3 Å². The van der Waals surface area contributed by atoms with Crippen molar-refractivity contribution in [2.75, 3.05) is 0 Å². The van der Waals surface area contributed by atoms with Gasteiger partial charge in [0, 0.05) is 12.8 Å². The second-order valence-electron chi connectivity index (χ2n) is 11.2. The van der Waals surface area contributed by atoms with E-state index in [-0.39, 0.29) is 12.1 Å². The van der Waals surface area contributed by atoms with E-state index in [1.807, 2.05) is 0 Å². The van der Waals surface area contributed by atoms with Crippen LogP contribution in [0.2, 0.25) is 0 Å². The molecule has 1 atom stereocenters. The molecule has 0 saturated carbocycles. The molecule has 0 N–H and O–H groups in total. The van der Waals surface area contributed by atoms with Crippen LogP contribution in [-0.4, -0.2) is 18.4 Å². The molecular weight excluding hydrogens is 444 g/mol. The minimum atomic E-state index is -0.208. The van der Waals surface area contributed by atoms with Crippen molar-refractivity contribution in [3.05, 3.63) is 0 Å². The van der Waals surface area contributed by atoms with Gasteiger partial charge >= 0.3 is 5.97 Å². The summed E-state index contributed by atoms with van der Waals surface area (Å²) in [6.45, 7) is 4.53. The number of unbranched alkanes of at least 4 members (excludes halogenated alkanes) is 23. The molecule has 3 nitrogen and oxygen atoms in total. The van der Waals surface area contributed by atoms with Crippen molar-refractivity contribution < 1.29 is 14.3 Å². The topological polar surface area (TPSA) is 43.4 Å². The molecule has 0 amide bonds. The Bertz CT molecular complexity index is 448. The SMILES string of the molecule is CCCCCCCCCCCCCCCCCCC(=O)OC(CC=O)CCCCCCCCCCC. The smallest absolute Gasteiger partial charge is 0.306 e. The van der Waals surface area contributed by atoms with Gasteiger partial charge in [-0.25, -0.2) is 0 Å². The first kappa shape index (κ1) is 35.1. The zero-order valence-electron chi connectivity index (χ0n) is 24.7. The molecule has 0 spiro atoms. The van der Waals surface area contributed by atoms with Gasteiger partial charge in [0.25, 0.3) is 0 Å². The molecule has 0 aliphatic carbocycles. The molecule has 0 aromatic carbocycles. The van der Waals surface area contributed by atoms with Gasteiger partial charge < -0.3 is 9.53 Å². The maximum absolute atomic E-state index is 12.2. The normalized spacial score (nSPS) is 12.1. The lowest BCUT2D eigenvalue weighted by Crippen LogP contribution is -2.18. The van der Waals surface area contributed by atoms with Crippen molar-refractivity contribution in [2.24, 2.45) is 0 Å². The highest BCUT2D eigenvalue weighted by atomic mass is 16.5. The van der Waals surface area contributed by atoms with E-state index in [0.717, 1.165) is 32.0 Å². The number of rotatable bonds is 30. The Morgan fingerprint density at radius 3 is 1.22 bits per heavy atom. The molecule has 1 unspecified atom stereocenters. The van der Waals surface area contributed by atoms with Gasteiger partial charge in [0.15, 0.2) is 0 Å². The van der Waals surface area contributed by atoms with E-state index in [4.69, 9.17) is 4.74 Å². The summed E-state index contributed by atoms with van der Waals surface area (Å²) in [6, 6.07) is 0. The number of aldehydes is 1. The molecule has 36 heavy (non-hydrogen) atoms. The van der Waals surface area contributed by atoms with Crippen molar-refractivity contribution in [3.63, 3.8) is 0 Å². The van der Waals surface area contributed by atoms with Crippen molar-refractivity contribution in [1.29, 1.82) is 0 Å². The number of hydrogen-bond donors (Lipinski definition) is 0. The first-order valence-corrected chi connectivity index (χ1v) is 16.4. The third-order valence-electron chi connectivity index (χ3n) is 7.52. The summed E-state index contributed by atoms with van der Waals surface area (Å²) in [5.74, 6) is -0.108. The maximum atomic E-state index is 12.2. The zero-order valence-corrected chi connectivity index (χ0v) is 24.7. The largest absolute Gasteiger partial charge is 0.462 e. The van der Waals surface area contributed by atoms with Crippen LogP contribution in [0, 0.1) is 0 Å². The van der Waals surface area contributed by atoms with Gasteiger partial charge in [-0.05, 0) is 19.3 Å². The number of hydrogen-bond acceptors (Lipinski definition) is 3. The lowest BCUT2D eigenvalue weighted by Gasteiger charge is -2.15. The Hall–Kier alpha value is -0.860. The Kier molecular flexibility index (Phi) is 29.6. The summed E-state index contributed by atoms with van der Waals surface area (Å²) in [4.78, 5) is 23.2. The molecule has 0 bridgehead atoms. The van der Waals surface area contributed by atoms with Gasteiger partial charge in [-0.1, -0.05) is 162 Å². The second-order valence-corrected chi connectivity index (χ2v) is 11.2. The average Bonchev–Trinajstić information content (AvgIpc) is 2.87. The highest BCUT2D eigenvalue weighted by Crippen LogP contribution is 2.16. The van der Waals surface area contributed by atoms with Crippen molar-refractivity contribution in [2.45, 2.75) is 200 Å². The minimum absolute atomic E-state index is 0.108. The summed E-state index contributed by atoms with van der Waals surface area (Å²) in [6.07, 6.45) is 35.3. The highest BCUT2D eigenvalue weighted by molar-refractivity contribution is 5.69. The second kappa shape index (κ2) is 30.4. The number of ether oxygens (including phenoxy) is 1. The molecule has 0 aromatic heterocycles. The van der Waals surface area contributed by atoms with Crippen molar-refractivity contribution in [3.8, 4) is 0 Å². The van der Waals surface area contributed by atoms with Crippen LogP contribution in [0.15, 0.2) is 0 Å². The summed E-state index contributed by atoms with van der Waals surface area (Å²) in [5, 5.41) is 0. The van der Waals surface area contributed by atoms with E-state index < -0.39 is 0 Å². The fourth-order valence-electron chi connectivity index (χ4n) is 5.08. The molecule has 0 radical (unpaired) electrons. The zero-order chi connectivity index (χ0) is 26.4. The van der Waals surface area contributed by atoms with Gasteiger partial charge in [-0.3, -0.25) is 4.79 Å². The Morgan fingerprint density at radius 2 is 0.861 bits per heavy atom. The third-order valence-corrected chi connectivity index (χ3v) is 7.52. The molecule has 3 heteroatoms. The van der Waals surface area contributed by atoms with Gasteiger partial charge in [0.1, 0.15) is 12.4 Å². The molecule has 0 aromatic rings. The lowest BCUT2D eigenvalue weighted by molar-refractivity contribution is -0.150. The van der Waals surface area contributed by atoms with Gasteiger partial charge in [0.05, 0.1) is 0 Å². The van der Waals surface area contributed by atoms with Gasteiger partial charge in [-0.15, -0.1) is 0 Å². The molecule has 0 heterocycles. The summed E-state index contributed by atoms with van der Waals surface area (Å²) in [7, 11) is 0. The number of esters is 1. The van der Waals surface area contributed by atoms with Crippen LogP contribution >= 0.6 is 0 Å². The standard InChI is InChI=1S/C33H64O3/c1-3-5-7-9-11-13-14-15-16-17-18-19-21-23-25-27-29-33(35)36-32(30-31-34)28-26-24-22-20-12-10-8-6-4-2/h31-32H,3-30H2,1-2H3. The highest BCUT2D eigenvalue weighted by Gasteiger charge is 2.13. The molecule has 0 aliphatic rings. The van der Waals surface area contributed by atoms with Crippen LogP contribution in [0.4, 0.5) is 0 Å². The fraction of sp³-hybridized carbons (Fsp3) is 0.939.